The van der Waals surface area contributed by atoms with E-state index in [1.165, 1.54) is 50.5 Å². The number of likely N-dealkylation sites (N-methyl/N-ethyl adjacent to an activating group) is 1. The van der Waals surface area contributed by atoms with E-state index in [2.05, 4.69) is 56.0 Å². The number of carbonyl (C=O) groups is 5. The van der Waals surface area contributed by atoms with Gasteiger partial charge in [-0.2, -0.15) is 4.98 Å². The van der Waals surface area contributed by atoms with Gasteiger partial charge in [-0.1, -0.05) is 45.6 Å². The first-order valence-electron chi connectivity index (χ1n) is 23.3. The molecule has 3 aliphatic heterocycles. The number of amides is 4. The summed E-state index contributed by atoms with van der Waals surface area (Å²) in [4.78, 5) is 74.1. The number of anilines is 4. The number of likely N-dealkylation sites (tertiary alicyclic amines) is 1. The standard InChI is InChI=1S/C25H41N5O3.C21H31N5O.CH2O/c1-26-15-9-17-27-16-8-6-4-5-7-10-20-11-12-21(23(18-20)29(2)19-31)30(3)22-13-14-24(32)28-25(22)33;1-3-25-11-7-15(8-12-25)23-20-22-13-16-18(24-20)26(17-6-4-5-14(17)2)19(27)21(16)9-10-21;1-2/h11-12,18-19,22,26-27H,4-10,13-17H2,1-3H3,(H,28,32,33);13-15,17H,3-12H2,1-2H3,(H,22,23,24);1H2. The molecule has 62 heavy (non-hydrogen) atoms. The first-order chi connectivity index (χ1) is 30.1. The van der Waals surface area contributed by atoms with Crippen molar-refractivity contribution in [2.24, 2.45) is 5.92 Å². The number of nitrogens with one attached hydrogen (secondary N) is 4. The fourth-order valence-corrected chi connectivity index (χ4v) is 9.61. The monoisotopic (exact) mass is 859 g/mol. The normalized spacial score (nSPS) is 21.7. The van der Waals surface area contributed by atoms with Crippen molar-refractivity contribution < 1.29 is 24.0 Å². The number of unbranched alkanes of at least 4 members (excludes halogenated alkanes) is 4. The van der Waals surface area contributed by atoms with Gasteiger partial charge in [-0.3, -0.25) is 29.4 Å². The van der Waals surface area contributed by atoms with Crippen LogP contribution in [0.2, 0.25) is 0 Å². The number of aryl methyl sites for hydroxylation is 1. The number of hydrogen-bond donors (Lipinski definition) is 4. The number of benzene rings is 1. The van der Waals surface area contributed by atoms with E-state index in [4.69, 9.17) is 9.78 Å². The van der Waals surface area contributed by atoms with E-state index >= 15 is 0 Å². The van der Waals surface area contributed by atoms with E-state index in [0.29, 0.717) is 42.7 Å². The highest BCUT2D eigenvalue weighted by Crippen LogP contribution is 2.58. The quantitative estimate of drug-likeness (QED) is 0.0803. The van der Waals surface area contributed by atoms with E-state index in [-0.39, 0.29) is 17.2 Å². The molecule has 4 N–H and O–H groups in total. The molecule has 1 aromatic carbocycles. The molecule has 5 aliphatic rings. The van der Waals surface area contributed by atoms with Gasteiger partial charge in [0.05, 0.1) is 16.8 Å². The molecule has 4 fully saturated rings. The average Bonchev–Trinajstić information content (AvgIpc) is 3.94. The van der Waals surface area contributed by atoms with Crippen LogP contribution in [0.15, 0.2) is 24.4 Å². The maximum atomic E-state index is 13.3. The number of imide groups is 1. The lowest BCUT2D eigenvalue weighted by Gasteiger charge is -2.33. The van der Waals surface area contributed by atoms with Crippen LogP contribution < -0.4 is 36.0 Å². The molecule has 1 aromatic heterocycles. The summed E-state index contributed by atoms with van der Waals surface area (Å²) in [7, 11) is 5.54. The van der Waals surface area contributed by atoms with E-state index < -0.39 is 6.04 Å². The summed E-state index contributed by atoms with van der Waals surface area (Å²) in [5, 5.41) is 12.6. The fourth-order valence-electron chi connectivity index (χ4n) is 9.61. The Bertz CT molecular complexity index is 1780. The van der Waals surface area contributed by atoms with Crippen LogP contribution in [0.3, 0.4) is 0 Å². The van der Waals surface area contributed by atoms with Gasteiger partial charge in [-0.25, -0.2) is 4.98 Å². The van der Waals surface area contributed by atoms with Crippen LogP contribution in [0.5, 0.6) is 0 Å². The molecule has 7 rings (SSSR count). The molecule has 15 heteroatoms. The van der Waals surface area contributed by atoms with Crippen molar-refractivity contribution in [1.82, 2.24) is 30.8 Å². The molecule has 15 nitrogen and oxygen atoms in total. The van der Waals surface area contributed by atoms with Crippen LogP contribution in [0, 0.1) is 5.92 Å². The van der Waals surface area contributed by atoms with Crippen molar-refractivity contribution in [3.63, 3.8) is 0 Å². The van der Waals surface area contributed by atoms with Crippen LogP contribution in [-0.2, 0) is 35.8 Å². The molecule has 1 spiro atoms. The third-order valence-corrected chi connectivity index (χ3v) is 13.6. The smallest absolute Gasteiger partial charge is 0.249 e. The molecule has 4 heterocycles. The zero-order valence-corrected chi connectivity index (χ0v) is 38.2. The number of hydrogen-bond acceptors (Lipinski definition) is 12. The van der Waals surface area contributed by atoms with Crippen molar-refractivity contribution in [3.05, 3.63) is 35.5 Å². The number of aromatic nitrogens is 2. The Kier molecular flexibility index (Phi) is 18.7. The molecule has 4 amide bonds. The van der Waals surface area contributed by atoms with Gasteiger partial charge in [0, 0.05) is 57.4 Å². The van der Waals surface area contributed by atoms with Gasteiger partial charge in [-0.15, -0.1) is 0 Å². The Morgan fingerprint density at radius 1 is 0.935 bits per heavy atom. The van der Waals surface area contributed by atoms with Crippen LogP contribution in [-0.4, -0.2) is 124 Å². The molecule has 0 radical (unpaired) electrons. The number of carbonyl (C=O) groups excluding carboxylic acids is 5. The van der Waals surface area contributed by atoms with Gasteiger partial charge in [0.15, 0.2) is 0 Å². The van der Waals surface area contributed by atoms with Crippen molar-refractivity contribution in [3.8, 4) is 0 Å². The summed E-state index contributed by atoms with van der Waals surface area (Å²) in [5.41, 5.74) is 3.57. The zero-order chi connectivity index (χ0) is 44.6. The molecule has 2 saturated carbocycles. The van der Waals surface area contributed by atoms with Crippen molar-refractivity contribution in [2.75, 3.05) is 80.4 Å². The summed E-state index contributed by atoms with van der Waals surface area (Å²) in [6.07, 6.45) is 19.3. The second kappa shape index (κ2) is 23.8. The summed E-state index contributed by atoms with van der Waals surface area (Å²) < 4.78 is 0. The number of nitrogens with zero attached hydrogens (tertiary/aromatic N) is 6. The average molecular weight is 859 g/mol. The lowest BCUT2D eigenvalue weighted by molar-refractivity contribution is -0.134. The highest BCUT2D eigenvalue weighted by Gasteiger charge is 2.62. The molecule has 2 aromatic rings. The number of piperidine rings is 2. The molecular formula is C47H74N10O5. The Balaban J connectivity index is 0.000000228. The zero-order valence-electron chi connectivity index (χ0n) is 38.2. The number of fused-ring (bicyclic) bond motifs is 2. The highest BCUT2D eigenvalue weighted by atomic mass is 16.2. The van der Waals surface area contributed by atoms with Crippen LogP contribution in [0.4, 0.5) is 23.1 Å². The SMILES string of the molecule is C=O.CCN1CCC(Nc2ncc3c(n2)N(C2CCCC2C)C(=O)C32CC2)CC1.CNCCCNCCCCCCCc1ccc(N(C)C2CCC(=O)NC2=O)c(N(C)C=O)c1. The van der Waals surface area contributed by atoms with Gasteiger partial charge in [0.25, 0.3) is 0 Å². The lowest BCUT2D eigenvalue weighted by Crippen LogP contribution is -2.51. The fraction of sp³-hybridized carbons (Fsp3) is 0.681. The minimum Gasteiger partial charge on any atom is -0.361 e. The summed E-state index contributed by atoms with van der Waals surface area (Å²) in [6.45, 7) is 13.1. The van der Waals surface area contributed by atoms with Crippen LogP contribution in [0.25, 0.3) is 0 Å². The van der Waals surface area contributed by atoms with Gasteiger partial charge >= 0.3 is 0 Å². The van der Waals surface area contributed by atoms with Gasteiger partial charge in [0.1, 0.15) is 18.6 Å². The third-order valence-electron chi connectivity index (χ3n) is 13.6. The molecule has 3 unspecified atom stereocenters. The molecule has 342 valence electrons. The number of rotatable bonds is 20. The minimum atomic E-state index is -0.426. The molecule has 2 saturated heterocycles. The highest BCUT2D eigenvalue weighted by molar-refractivity contribution is 6.09. The van der Waals surface area contributed by atoms with Crippen molar-refractivity contribution in [2.45, 2.75) is 140 Å². The van der Waals surface area contributed by atoms with Crippen molar-refractivity contribution >= 4 is 54.1 Å². The third kappa shape index (κ3) is 12.2. The largest absolute Gasteiger partial charge is 0.361 e. The second-order valence-electron chi connectivity index (χ2n) is 17.9. The molecule has 2 aliphatic carbocycles. The second-order valence-corrected chi connectivity index (χ2v) is 17.9. The van der Waals surface area contributed by atoms with Gasteiger partial charge < -0.3 is 35.4 Å². The first kappa shape index (κ1) is 48.6. The van der Waals surface area contributed by atoms with Gasteiger partial charge in [-0.05, 0) is 127 Å². The van der Waals surface area contributed by atoms with E-state index in [9.17, 15) is 19.2 Å². The Morgan fingerprint density at radius 2 is 1.66 bits per heavy atom. The Morgan fingerprint density at radius 3 is 2.32 bits per heavy atom. The molecule has 3 atom stereocenters. The predicted octanol–water partition coefficient (Wildman–Crippen LogP) is 4.97. The Labute approximate surface area is 369 Å². The summed E-state index contributed by atoms with van der Waals surface area (Å²) in [5.74, 6) is 1.93. The van der Waals surface area contributed by atoms with E-state index in [0.717, 1.165) is 113 Å². The van der Waals surface area contributed by atoms with Crippen LogP contribution >= 0.6 is 0 Å². The topological polar surface area (TPSA) is 172 Å². The molecular weight excluding hydrogens is 785 g/mol. The van der Waals surface area contributed by atoms with E-state index in [1.807, 2.05) is 44.1 Å². The first-order valence-corrected chi connectivity index (χ1v) is 23.3. The maximum Gasteiger partial charge on any atom is 0.249 e. The van der Waals surface area contributed by atoms with Crippen molar-refractivity contribution in [1.29, 1.82) is 0 Å². The maximum absolute atomic E-state index is 13.3. The summed E-state index contributed by atoms with van der Waals surface area (Å²) >= 11 is 0. The van der Waals surface area contributed by atoms with Crippen LogP contribution in [0.1, 0.15) is 121 Å². The molecule has 0 bridgehead atoms. The van der Waals surface area contributed by atoms with Gasteiger partial charge in [0.2, 0.25) is 30.1 Å². The van der Waals surface area contributed by atoms with E-state index in [1.54, 1.807) is 11.9 Å². The minimum absolute atomic E-state index is 0.231. The predicted molar refractivity (Wildman–Crippen MR) is 247 cm³/mol. The Hall–Kier alpha value is -4.47. The summed E-state index contributed by atoms with van der Waals surface area (Å²) in [6, 6.07) is 6.41. The lowest BCUT2D eigenvalue weighted by atomic mass is 10.0.